The Bertz CT molecular complexity index is 567. The van der Waals surface area contributed by atoms with Gasteiger partial charge in [0.1, 0.15) is 5.75 Å². The summed E-state index contributed by atoms with van der Waals surface area (Å²) in [7, 11) is 0. The minimum atomic E-state index is -0.339. The van der Waals surface area contributed by atoms with Gasteiger partial charge >= 0.3 is 0 Å². The van der Waals surface area contributed by atoms with E-state index >= 15 is 0 Å². The molecule has 1 heterocycles. The molecule has 6 nitrogen and oxygen atoms in total. The van der Waals surface area contributed by atoms with E-state index in [4.69, 9.17) is 4.74 Å². The predicted octanol–water partition coefficient (Wildman–Crippen LogP) is 2.35. The fraction of sp³-hybridized carbons (Fsp3) is 0.357. The van der Waals surface area contributed by atoms with Crippen LogP contribution in [0.25, 0.3) is 0 Å². The summed E-state index contributed by atoms with van der Waals surface area (Å²) in [6.07, 6.45) is 1.23. The van der Waals surface area contributed by atoms with E-state index in [9.17, 15) is 4.79 Å². The Morgan fingerprint density at radius 3 is 2.70 bits per heavy atom. The summed E-state index contributed by atoms with van der Waals surface area (Å²) in [6.45, 7) is 5.61. The van der Waals surface area contributed by atoms with Crippen molar-refractivity contribution in [1.82, 2.24) is 15.5 Å². The number of ether oxygens (including phenoxy) is 1. The highest BCUT2D eigenvalue weighted by atomic mass is 16.5. The highest BCUT2D eigenvalue weighted by Gasteiger charge is 2.18. The number of hydrogen-bond acceptors (Lipinski definition) is 5. The van der Waals surface area contributed by atoms with Crippen molar-refractivity contribution in [3.05, 3.63) is 42.0 Å². The van der Waals surface area contributed by atoms with Crippen molar-refractivity contribution in [3.63, 3.8) is 0 Å². The maximum atomic E-state index is 12.3. The zero-order chi connectivity index (χ0) is 14.5. The van der Waals surface area contributed by atoms with E-state index in [0.29, 0.717) is 17.1 Å². The number of para-hydroxylation sites is 1. The minimum absolute atomic E-state index is 0.00131. The summed E-state index contributed by atoms with van der Waals surface area (Å²) in [4.78, 5) is 16.2. The number of carbonyl (C=O) groups is 1. The summed E-state index contributed by atoms with van der Waals surface area (Å²) in [5.74, 6) is 0.750. The van der Waals surface area contributed by atoms with Crippen molar-refractivity contribution in [2.75, 3.05) is 0 Å². The molecule has 0 spiro atoms. The van der Waals surface area contributed by atoms with Gasteiger partial charge in [0.05, 0.1) is 17.7 Å². The van der Waals surface area contributed by atoms with Crippen LogP contribution >= 0.6 is 0 Å². The number of rotatable bonds is 5. The summed E-state index contributed by atoms with van der Waals surface area (Å²) in [6, 6.07) is 6.77. The van der Waals surface area contributed by atoms with Gasteiger partial charge in [-0.3, -0.25) is 4.79 Å². The van der Waals surface area contributed by atoms with Crippen LogP contribution in [-0.2, 0) is 0 Å². The SMILES string of the molecule is CC(C)Oc1ccccc1C(=O)NC(C)c1ncon1. The Kier molecular flexibility index (Phi) is 4.34. The van der Waals surface area contributed by atoms with Crippen LogP contribution in [0.2, 0.25) is 0 Å². The number of nitrogens with one attached hydrogen (secondary N) is 1. The molecule has 20 heavy (non-hydrogen) atoms. The monoisotopic (exact) mass is 275 g/mol. The van der Waals surface area contributed by atoms with Gasteiger partial charge in [-0.1, -0.05) is 17.3 Å². The second-order valence-electron chi connectivity index (χ2n) is 4.65. The van der Waals surface area contributed by atoms with Gasteiger partial charge in [-0.2, -0.15) is 4.98 Å². The predicted molar refractivity (Wildman–Crippen MR) is 72.4 cm³/mol. The molecule has 2 rings (SSSR count). The first-order valence-electron chi connectivity index (χ1n) is 6.40. The fourth-order valence-corrected chi connectivity index (χ4v) is 1.72. The molecule has 2 aromatic rings. The zero-order valence-electron chi connectivity index (χ0n) is 11.7. The highest BCUT2D eigenvalue weighted by molar-refractivity contribution is 5.97. The third-order valence-corrected chi connectivity index (χ3v) is 2.61. The van der Waals surface area contributed by atoms with Gasteiger partial charge < -0.3 is 14.6 Å². The van der Waals surface area contributed by atoms with Crippen molar-refractivity contribution >= 4 is 5.91 Å². The minimum Gasteiger partial charge on any atom is -0.490 e. The molecule has 0 aliphatic rings. The number of aromatic nitrogens is 2. The van der Waals surface area contributed by atoms with Gasteiger partial charge in [0.25, 0.3) is 5.91 Å². The average molecular weight is 275 g/mol. The third-order valence-electron chi connectivity index (χ3n) is 2.61. The van der Waals surface area contributed by atoms with E-state index in [2.05, 4.69) is 20.0 Å². The van der Waals surface area contributed by atoms with E-state index in [1.54, 1.807) is 25.1 Å². The van der Waals surface area contributed by atoms with Crippen molar-refractivity contribution in [3.8, 4) is 5.75 Å². The summed E-state index contributed by atoms with van der Waals surface area (Å²) >= 11 is 0. The summed E-state index contributed by atoms with van der Waals surface area (Å²) in [5, 5.41) is 6.51. The standard InChI is InChI=1S/C14H17N3O3/c1-9(2)20-12-7-5-4-6-11(12)14(18)16-10(3)13-15-8-19-17-13/h4-10H,1-3H3,(H,16,18). The highest BCUT2D eigenvalue weighted by Crippen LogP contribution is 2.20. The van der Waals surface area contributed by atoms with Gasteiger partial charge in [-0.05, 0) is 32.9 Å². The van der Waals surface area contributed by atoms with E-state index in [0.717, 1.165) is 0 Å². The molecule has 1 amide bonds. The van der Waals surface area contributed by atoms with Crippen LogP contribution in [0, 0.1) is 0 Å². The molecule has 0 radical (unpaired) electrons. The van der Waals surface area contributed by atoms with Crippen LogP contribution in [0.4, 0.5) is 0 Å². The van der Waals surface area contributed by atoms with Crippen LogP contribution in [0.5, 0.6) is 5.75 Å². The maximum Gasteiger partial charge on any atom is 0.255 e. The molecule has 1 atom stereocenters. The molecule has 1 N–H and O–H groups in total. The third kappa shape index (κ3) is 3.34. The normalized spacial score (nSPS) is 12.2. The van der Waals surface area contributed by atoms with E-state index in [1.165, 1.54) is 6.39 Å². The number of amides is 1. The first-order valence-corrected chi connectivity index (χ1v) is 6.40. The summed E-state index contributed by atoms with van der Waals surface area (Å²) in [5.41, 5.74) is 0.483. The lowest BCUT2D eigenvalue weighted by Gasteiger charge is -2.15. The van der Waals surface area contributed by atoms with Crippen molar-refractivity contribution < 1.29 is 14.1 Å². The Balaban J connectivity index is 2.13. The van der Waals surface area contributed by atoms with Gasteiger partial charge in [-0.15, -0.1) is 0 Å². The van der Waals surface area contributed by atoms with Crippen molar-refractivity contribution in [2.24, 2.45) is 0 Å². The molecule has 1 unspecified atom stereocenters. The molecule has 0 bridgehead atoms. The topological polar surface area (TPSA) is 77.2 Å². The largest absolute Gasteiger partial charge is 0.490 e. The number of benzene rings is 1. The molecule has 0 fully saturated rings. The molecule has 1 aromatic heterocycles. The molecule has 0 saturated heterocycles. The first-order chi connectivity index (χ1) is 9.58. The van der Waals surface area contributed by atoms with Gasteiger partial charge in [0.15, 0.2) is 5.82 Å². The molecule has 1 aromatic carbocycles. The van der Waals surface area contributed by atoms with Crippen LogP contribution in [0.3, 0.4) is 0 Å². The van der Waals surface area contributed by atoms with E-state index in [1.807, 2.05) is 19.9 Å². The van der Waals surface area contributed by atoms with Crippen LogP contribution < -0.4 is 10.1 Å². The van der Waals surface area contributed by atoms with Gasteiger partial charge in [0, 0.05) is 0 Å². The van der Waals surface area contributed by atoms with Crippen LogP contribution in [-0.4, -0.2) is 22.2 Å². The number of carbonyl (C=O) groups excluding carboxylic acids is 1. The quantitative estimate of drug-likeness (QED) is 0.906. The van der Waals surface area contributed by atoms with Crippen molar-refractivity contribution in [2.45, 2.75) is 32.9 Å². The average Bonchev–Trinajstić information content (AvgIpc) is 2.92. The van der Waals surface area contributed by atoms with Crippen LogP contribution in [0.15, 0.2) is 35.2 Å². The Morgan fingerprint density at radius 1 is 1.30 bits per heavy atom. The van der Waals surface area contributed by atoms with Gasteiger partial charge in [0.2, 0.25) is 6.39 Å². The van der Waals surface area contributed by atoms with E-state index in [-0.39, 0.29) is 18.1 Å². The molecule has 106 valence electrons. The Hall–Kier alpha value is -2.37. The smallest absolute Gasteiger partial charge is 0.255 e. The molecule has 0 saturated carbocycles. The number of hydrogen-bond donors (Lipinski definition) is 1. The van der Waals surface area contributed by atoms with Gasteiger partial charge in [-0.25, -0.2) is 0 Å². The summed E-state index contributed by atoms with van der Waals surface area (Å²) < 4.78 is 10.3. The lowest BCUT2D eigenvalue weighted by Crippen LogP contribution is -2.28. The zero-order valence-corrected chi connectivity index (χ0v) is 11.7. The Morgan fingerprint density at radius 2 is 2.05 bits per heavy atom. The second kappa shape index (κ2) is 6.18. The first kappa shape index (κ1) is 14.0. The fourth-order valence-electron chi connectivity index (χ4n) is 1.72. The lowest BCUT2D eigenvalue weighted by atomic mass is 10.1. The molecule has 0 aliphatic heterocycles. The lowest BCUT2D eigenvalue weighted by molar-refractivity contribution is 0.0932. The molecule has 6 heteroatoms. The Labute approximate surface area is 117 Å². The second-order valence-corrected chi connectivity index (χ2v) is 4.65. The van der Waals surface area contributed by atoms with E-state index < -0.39 is 0 Å². The molecular weight excluding hydrogens is 258 g/mol. The van der Waals surface area contributed by atoms with Crippen molar-refractivity contribution in [1.29, 1.82) is 0 Å². The molecular formula is C14H17N3O3. The molecule has 0 aliphatic carbocycles. The number of nitrogens with zero attached hydrogens (tertiary/aromatic N) is 2. The van der Waals surface area contributed by atoms with Crippen LogP contribution in [0.1, 0.15) is 43.0 Å². The maximum absolute atomic E-state index is 12.3.